The second-order valence-corrected chi connectivity index (χ2v) is 7.67. The van der Waals surface area contributed by atoms with Crippen molar-refractivity contribution >= 4 is 11.9 Å². The molecular weight excluding hydrogens is 340 g/mol. The summed E-state index contributed by atoms with van der Waals surface area (Å²) in [4.78, 5) is 23.3. The summed E-state index contributed by atoms with van der Waals surface area (Å²) in [5.41, 5.74) is 0. The lowest BCUT2D eigenvalue weighted by molar-refractivity contribution is -0.153. The highest BCUT2D eigenvalue weighted by atomic mass is 16.5. The molecule has 4 heteroatoms. The van der Waals surface area contributed by atoms with Gasteiger partial charge in [0.05, 0.1) is 18.9 Å². The maximum absolute atomic E-state index is 11.7. The standard InChI is InChI=1S/C23H40O4/c1-5-6-7-8-9-10-11-12-13-14-15-18-26-22(24)16-17-23(25)27-21(4)19-20(2)3/h20-21H,5-13,16-19H2,1-4H3. The molecule has 0 amide bonds. The first kappa shape index (κ1) is 25.5. The maximum Gasteiger partial charge on any atom is 0.307 e. The molecular formula is C23H40O4. The Labute approximate surface area is 166 Å². The van der Waals surface area contributed by atoms with E-state index in [0.29, 0.717) is 5.92 Å². The summed E-state index contributed by atoms with van der Waals surface area (Å²) in [6, 6.07) is 0. The SMILES string of the molecule is CCCCCCCCCCC#CCOC(=O)CCC(=O)OC(C)CC(C)C. The van der Waals surface area contributed by atoms with E-state index >= 15 is 0 Å². The Morgan fingerprint density at radius 2 is 1.41 bits per heavy atom. The van der Waals surface area contributed by atoms with E-state index in [0.717, 1.165) is 19.3 Å². The summed E-state index contributed by atoms with van der Waals surface area (Å²) in [5.74, 6) is 5.64. The zero-order valence-corrected chi connectivity index (χ0v) is 18.0. The highest BCUT2D eigenvalue weighted by Crippen LogP contribution is 2.10. The molecule has 0 radical (unpaired) electrons. The van der Waals surface area contributed by atoms with Gasteiger partial charge in [0, 0.05) is 6.42 Å². The molecule has 0 heterocycles. The van der Waals surface area contributed by atoms with Gasteiger partial charge in [0.15, 0.2) is 6.61 Å². The topological polar surface area (TPSA) is 52.6 Å². The van der Waals surface area contributed by atoms with Crippen molar-refractivity contribution in [3.05, 3.63) is 0 Å². The van der Waals surface area contributed by atoms with Gasteiger partial charge in [-0.2, -0.15) is 0 Å². The minimum absolute atomic E-state index is 0.0486. The molecule has 0 bridgehead atoms. The van der Waals surface area contributed by atoms with Crippen LogP contribution < -0.4 is 0 Å². The number of unbranched alkanes of at least 4 members (excludes halogenated alkanes) is 8. The largest absolute Gasteiger partial charge is 0.463 e. The molecule has 27 heavy (non-hydrogen) atoms. The van der Waals surface area contributed by atoms with Crippen LogP contribution in [0.25, 0.3) is 0 Å². The van der Waals surface area contributed by atoms with E-state index in [-0.39, 0.29) is 31.5 Å². The minimum atomic E-state index is -0.398. The molecule has 4 nitrogen and oxygen atoms in total. The quantitative estimate of drug-likeness (QED) is 0.204. The first-order valence-electron chi connectivity index (χ1n) is 10.8. The van der Waals surface area contributed by atoms with E-state index in [9.17, 15) is 9.59 Å². The fraction of sp³-hybridized carbons (Fsp3) is 0.826. The van der Waals surface area contributed by atoms with Gasteiger partial charge < -0.3 is 9.47 Å². The predicted octanol–water partition coefficient (Wildman–Crippen LogP) is 5.82. The van der Waals surface area contributed by atoms with Crippen LogP contribution in [0.4, 0.5) is 0 Å². The summed E-state index contributed by atoms with van der Waals surface area (Å²) in [6.07, 6.45) is 12.0. The fourth-order valence-corrected chi connectivity index (χ4v) is 2.87. The highest BCUT2D eigenvalue weighted by molar-refractivity contribution is 5.77. The number of hydrogen-bond donors (Lipinski definition) is 0. The number of carbonyl (C=O) groups excluding carboxylic acids is 2. The molecule has 1 atom stereocenters. The molecule has 0 aromatic rings. The van der Waals surface area contributed by atoms with Crippen molar-refractivity contribution in [2.24, 2.45) is 5.92 Å². The Kier molecular flexibility index (Phi) is 16.9. The van der Waals surface area contributed by atoms with Crippen molar-refractivity contribution in [1.29, 1.82) is 0 Å². The molecule has 0 aromatic heterocycles. The van der Waals surface area contributed by atoms with Gasteiger partial charge in [-0.25, -0.2) is 0 Å². The zero-order valence-electron chi connectivity index (χ0n) is 18.0. The third kappa shape index (κ3) is 19.1. The molecule has 0 aliphatic heterocycles. The van der Waals surface area contributed by atoms with E-state index in [1.165, 1.54) is 44.9 Å². The average Bonchev–Trinajstić information content (AvgIpc) is 2.60. The molecule has 156 valence electrons. The molecule has 0 N–H and O–H groups in total. The van der Waals surface area contributed by atoms with Gasteiger partial charge in [0.25, 0.3) is 0 Å². The summed E-state index contributed by atoms with van der Waals surface area (Å²) in [5, 5.41) is 0. The second kappa shape index (κ2) is 17.9. The number of ether oxygens (including phenoxy) is 2. The van der Waals surface area contributed by atoms with Crippen molar-refractivity contribution in [3.63, 3.8) is 0 Å². The van der Waals surface area contributed by atoms with Gasteiger partial charge >= 0.3 is 11.9 Å². The monoisotopic (exact) mass is 380 g/mol. The minimum Gasteiger partial charge on any atom is -0.463 e. The van der Waals surface area contributed by atoms with Crippen LogP contribution in [0.5, 0.6) is 0 Å². The average molecular weight is 381 g/mol. The molecule has 1 unspecified atom stereocenters. The van der Waals surface area contributed by atoms with Crippen LogP contribution in [0.15, 0.2) is 0 Å². The van der Waals surface area contributed by atoms with E-state index in [1.54, 1.807) is 0 Å². The third-order valence-electron chi connectivity index (χ3n) is 4.25. The molecule has 0 saturated heterocycles. The number of esters is 2. The first-order chi connectivity index (χ1) is 13.0. The van der Waals surface area contributed by atoms with Crippen molar-refractivity contribution in [2.45, 2.75) is 111 Å². The van der Waals surface area contributed by atoms with Gasteiger partial charge in [-0.1, -0.05) is 77.6 Å². The lowest BCUT2D eigenvalue weighted by Gasteiger charge is -2.14. The van der Waals surface area contributed by atoms with Crippen LogP contribution in [0.3, 0.4) is 0 Å². The Morgan fingerprint density at radius 1 is 0.815 bits per heavy atom. The highest BCUT2D eigenvalue weighted by Gasteiger charge is 2.13. The van der Waals surface area contributed by atoms with Gasteiger partial charge in [-0.05, 0) is 25.7 Å². The number of hydrogen-bond acceptors (Lipinski definition) is 4. The maximum atomic E-state index is 11.7. The van der Waals surface area contributed by atoms with Crippen LogP contribution in [-0.2, 0) is 19.1 Å². The zero-order chi connectivity index (χ0) is 20.3. The lowest BCUT2D eigenvalue weighted by Crippen LogP contribution is -2.18. The number of carbonyl (C=O) groups is 2. The fourth-order valence-electron chi connectivity index (χ4n) is 2.87. The molecule has 0 aromatic carbocycles. The predicted molar refractivity (Wildman–Crippen MR) is 110 cm³/mol. The summed E-state index contributed by atoms with van der Waals surface area (Å²) in [7, 11) is 0. The van der Waals surface area contributed by atoms with Gasteiger partial charge in [-0.15, -0.1) is 0 Å². The Balaban J connectivity index is 3.56. The van der Waals surface area contributed by atoms with Gasteiger partial charge in [0.2, 0.25) is 0 Å². The van der Waals surface area contributed by atoms with Crippen molar-refractivity contribution in [2.75, 3.05) is 6.61 Å². The molecule has 0 rings (SSSR count). The molecule has 0 aliphatic carbocycles. The molecule has 0 spiro atoms. The van der Waals surface area contributed by atoms with E-state index < -0.39 is 5.97 Å². The summed E-state index contributed by atoms with van der Waals surface area (Å²) in [6.45, 7) is 8.38. The Hall–Kier alpha value is -1.50. The van der Waals surface area contributed by atoms with Crippen LogP contribution in [-0.4, -0.2) is 24.6 Å². The van der Waals surface area contributed by atoms with E-state index in [1.807, 2.05) is 6.92 Å². The van der Waals surface area contributed by atoms with Crippen molar-refractivity contribution < 1.29 is 19.1 Å². The Bertz CT molecular complexity index is 445. The summed E-state index contributed by atoms with van der Waals surface area (Å²) < 4.78 is 10.3. The third-order valence-corrected chi connectivity index (χ3v) is 4.25. The molecule has 0 aliphatic rings. The van der Waals surface area contributed by atoms with Gasteiger partial charge in [-0.3, -0.25) is 9.59 Å². The normalized spacial score (nSPS) is 11.6. The Morgan fingerprint density at radius 3 is 2.04 bits per heavy atom. The van der Waals surface area contributed by atoms with Crippen molar-refractivity contribution in [3.8, 4) is 11.8 Å². The lowest BCUT2D eigenvalue weighted by atomic mass is 10.1. The van der Waals surface area contributed by atoms with Gasteiger partial charge in [0.1, 0.15) is 0 Å². The van der Waals surface area contributed by atoms with Crippen LogP contribution in [0.2, 0.25) is 0 Å². The molecule has 0 fully saturated rings. The van der Waals surface area contributed by atoms with E-state index in [2.05, 4.69) is 32.6 Å². The van der Waals surface area contributed by atoms with E-state index in [4.69, 9.17) is 9.47 Å². The van der Waals surface area contributed by atoms with Crippen LogP contribution in [0.1, 0.15) is 105 Å². The second-order valence-electron chi connectivity index (χ2n) is 7.67. The van der Waals surface area contributed by atoms with Crippen LogP contribution in [0, 0.1) is 17.8 Å². The van der Waals surface area contributed by atoms with Crippen molar-refractivity contribution in [1.82, 2.24) is 0 Å². The molecule has 0 saturated carbocycles. The summed E-state index contributed by atoms with van der Waals surface area (Å²) >= 11 is 0. The van der Waals surface area contributed by atoms with Crippen LogP contribution >= 0.6 is 0 Å². The number of rotatable bonds is 15. The smallest absolute Gasteiger partial charge is 0.307 e. The first-order valence-corrected chi connectivity index (χ1v) is 10.8.